The average molecular weight is 493 g/mol. The van der Waals surface area contributed by atoms with Crippen molar-refractivity contribution in [2.24, 2.45) is 0 Å². The van der Waals surface area contributed by atoms with Crippen molar-refractivity contribution in [3.8, 4) is 5.75 Å². The smallest absolute Gasteiger partial charge is 0.256 e. The predicted octanol–water partition coefficient (Wildman–Crippen LogP) is 3.86. The maximum atomic E-state index is 12.6. The number of nitrogens with zero attached hydrogens (tertiary/aromatic N) is 1. The van der Waals surface area contributed by atoms with Gasteiger partial charge >= 0.3 is 0 Å². The number of hydrogen-bond acceptors (Lipinski definition) is 6. The van der Waals surface area contributed by atoms with Gasteiger partial charge in [0.25, 0.3) is 5.91 Å². The van der Waals surface area contributed by atoms with Crippen LogP contribution < -0.4 is 20.7 Å². The number of nitrogens with one attached hydrogen (secondary N) is 3. The van der Waals surface area contributed by atoms with Gasteiger partial charge in [0.15, 0.2) is 0 Å². The van der Waals surface area contributed by atoms with Gasteiger partial charge in [0.2, 0.25) is 0 Å². The highest BCUT2D eigenvalue weighted by Gasteiger charge is 2.25. The summed E-state index contributed by atoms with van der Waals surface area (Å²) >= 11 is 17.9. The molecule has 2 aliphatic rings. The number of benzene rings is 1. The van der Waals surface area contributed by atoms with Gasteiger partial charge in [0, 0.05) is 50.0 Å². The average Bonchev–Trinajstić information content (AvgIpc) is 2.75. The maximum Gasteiger partial charge on any atom is 0.256 e. The third-order valence-electron chi connectivity index (χ3n) is 5.20. The Morgan fingerprint density at radius 1 is 1.34 bits per heavy atom. The van der Waals surface area contributed by atoms with Gasteiger partial charge in [-0.3, -0.25) is 9.78 Å². The summed E-state index contributed by atoms with van der Waals surface area (Å²) in [5.74, 6) is 0.437. The van der Waals surface area contributed by atoms with Crippen molar-refractivity contribution in [3.05, 3.63) is 63.5 Å². The number of hydrogen-bond donors (Lipinski definition) is 3. The first kappa shape index (κ1) is 22.8. The number of carbonyl (C=O) groups excluding carboxylic acids is 1. The lowest BCUT2D eigenvalue weighted by Gasteiger charge is -2.27. The summed E-state index contributed by atoms with van der Waals surface area (Å²) in [6, 6.07) is 7.08. The Morgan fingerprint density at radius 2 is 2.19 bits per heavy atom. The molecule has 1 atom stereocenters. The standard InChI is InChI=1S/C22H22Cl2N4O3S/c23-15-2-1-3-17(20(15)24)28-22(32)19-16(5-8-26-21(19)29)27-10-13-4-7-25-11-18(13)31-12-14-6-9-30-14/h1-4,7,11,14,27H,5-6,8-10,12H2,(H,26,29)(H,28,32). The topological polar surface area (TPSA) is 84.5 Å². The number of carbonyl (C=O) groups is 1. The lowest BCUT2D eigenvalue weighted by Crippen LogP contribution is -2.39. The summed E-state index contributed by atoms with van der Waals surface area (Å²) in [6.45, 7) is 2.24. The fraction of sp³-hybridized carbons (Fsp3) is 0.318. The summed E-state index contributed by atoms with van der Waals surface area (Å²) in [7, 11) is 0. The van der Waals surface area contributed by atoms with Gasteiger partial charge in [-0.2, -0.15) is 0 Å². The number of anilines is 1. The van der Waals surface area contributed by atoms with Crippen LogP contribution in [0.1, 0.15) is 18.4 Å². The first-order chi connectivity index (χ1) is 15.5. The number of halogens is 2. The van der Waals surface area contributed by atoms with E-state index in [4.69, 9.17) is 44.9 Å². The van der Waals surface area contributed by atoms with Gasteiger partial charge < -0.3 is 25.4 Å². The molecule has 1 unspecified atom stereocenters. The number of pyridine rings is 1. The SMILES string of the molecule is O=C1NCCC(NCc2ccncc2OCC2CCO2)=C1C(=S)Nc1cccc(Cl)c1Cl. The number of ether oxygens (including phenoxy) is 2. The zero-order valence-corrected chi connectivity index (χ0v) is 19.4. The van der Waals surface area contributed by atoms with E-state index in [0.717, 1.165) is 24.3 Å². The molecule has 1 aromatic heterocycles. The van der Waals surface area contributed by atoms with Crippen molar-refractivity contribution in [2.75, 3.05) is 25.1 Å². The van der Waals surface area contributed by atoms with E-state index in [1.54, 1.807) is 30.6 Å². The van der Waals surface area contributed by atoms with E-state index < -0.39 is 0 Å². The molecule has 1 saturated heterocycles. The van der Waals surface area contributed by atoms with E-state index in [1.165, 1.54) is 0 Å². The molecule has 0 bridgehead atoms. The van der Waals surface area contributed by atoms with Gasteiger partial charge in [-0.05, 0) is 18.2 Å². The molecule has 2 aliphatic heterocycles. The zero-order valence-electron chi connectivity index (χ0n) is 17.1. The van der Waals surface area contributed by atoms with Crippen LogP contribution in [-0.4, -0.2) is 41.7 Å². The third kappa shape index (κ3) is 5.32. The number of aromatic nitrogens is 1. The van der Waals surface area contributed by atoms with Crippen molar-refractivity contribution in [3.63, 3.8) is 0 Å². The summed E-state index contributed by atoms with van der Waals surface area (Å²) in [5, 5.41) is 9.99. The minimum Gasteiger partial charge on any atom is -0.489 e. The molecule has 3 heterocycles. The Kier molecular flexibility index (Phi) is 7.47. The van der Waals surface area contributed by atoms with Crippen molar-refractivity contribution in [2.45, 2.75) is 25.5 Å². The predicted molar refractivity (Wildman–Crippen MR) is 128 cm³/mol. The van der Waals surface area contributed by atoms with Crippen LogP contribution in [0.3, 0.4) is 0 Å². The van der Waals surface area contributed by atoms with E-state index >= 15 is 0 Å². The normalized spacial score (nSPS) is 17.9. The molecule has 1 fully saturated rings. The van der Waals surface area contributed by atoms with Crippen molar-refractivity contribution >= 4 is 52.0 Å². The van der Waals surface area contributed by atoms with E-state index in [2.05, 4.69) is 20.9 Å². The molecule has 3 N–H and O–H groups in total. The van der Waals surface area contributed by atoms with Gasteiger partial charge in [0.1, 0.15) is 17.3 Å². The molecule has 4 rings (SSSR count). The summed E-state index contributed by atoms with van der Waals surface area (Å²) in [5.41, 5.74) is 2.59. The molecular weight excluding hydrogens is 471 g/mol. The highest BCUT2D eigenvalue weighted by Crippen LogP contribution is 2.30. The molecule has 1 amide bonds. The van der Waals surface area contributed by atoms with Crippen LogP contribution in [0.15, 0.2) is 47.9 Å². The second-order valence-electron chi connectivity index (χ2n) is 7.34. The monoisotopic (exact) mass is 492 g/mol. The Morgan fingerprint density at radius 3 is 2.97 bits per heavy atom. The molecular formula is C22H22Cl2N4O3S. The molecule has 0 aliphatic carbocycles. The van der Waals surface area contributed by atoms with Crippen LogP contribution in [-0.2, 0) is 16.1 Å². The molecule has 0 spiro atoms. The largest absolute Gasteiger partial charge is 0.489 e. The first-order valence-corrected chi connectivity index (χ1v) is 11.4. The van der Waals surface area contributed by atoms with E-state index in [-0.39, 0.29) is 17.0 Å². The van der Waals surface area contributed by atoms with Crippen molar-refractivity contribution in [1.82, 2.24) is 15.6 Å². The van der Waals surface area contributed by atoms with Crippen LogP contribution >= 0.6 is 35.4 Å². The van der Waals surface area contributed by atoms with Crippen LogP contribution in [0.4, 0.5) is 5.69 Å². The maximum absolute atomic E-state index is 12.6. The lowest BCUT2D eigenvalue weighted by molar-refractivity contribution is -0.117. The highest BCUT2D eigenvalue weighted by atomic mass is 35.5. The summed E-state index contributed by atoms with van der Waals surface area (Å²) in [4.78, 5) is 17.1. The highest BCUT2D eigenvalue weighted by molar-refractivity contribution is 7.81. The number of amides is 1. The quantitative estimate of drug-likeness (QED) is 0.482. The Balaban J connectivity index is 1.49. The van der Waals surface area contributed by atoms with E-state index in [9.17, 15) is 4.79 Å². The molecule has 0 radical (unpaired) electrons. The Hall–Kier alpha value is -2.39. The zero-order chi connectivity index (χ0) is 22.5. The molecule has 10 heteroatoms. The molecule has 1 aromatic carbocycles. The Labute approximate surface area is 201 Å². The van der Waals surface area contributed by atoms with Crippen LogP contribution in [0.5, 0.6) is 5.75 Å². The van der Waals surface area contributed by atoms with Crippen LogP contribution in [0.2, 0.25) is 10.0 Å². The fourth-order valence-corrected chi connectivity index (χ4v) is 4.01. The Bertz CT molecular complexity index is 1060. The van der Waals surface area contributed by atoms with Gasteiger partial charge in [-0.1, -0.05) is 41.5 Å². The molecule has 168 valence electrons. The molecule has 0 saturated carbocycles. The minimum atomic E-state index is -0.247. The molecule has 32 heavy (non-hydrogen) atoms. The summed E-state index contributed by atoms with van der Waals surface area (Å²) < 4.78 is 11.3. The van der Waals surface area contributed by atoms with Crippen LogP contribution in [0, 0.1) is 0 Å². The number of rotatable bonds is 8. The van der Waals surface area contributed by atoms with E-state index in [0.29, 0.717) is 53.2 Å². The summed E-state index contributed by atoms with van der Waals surface area (Å²) in [6.07, 6.45) is 5.14. The van der Waals surface area contributed by atoms with Gasteiger partial charge in [-0.25, -0.2) is 0 Å². The van der Waals surface area contributed by atoms with Gasteiger partial charge in [0.05, 0.1) is 33.6 Å². The first-order valence-electron chi connectivity index (χ1n) is 10.2. The van der Waals surface area contributed by atoms with E-state index in [1.807, 2.05) is 6.07 Å². The van der Waals surface area contributed by atoms with Crippen molar-refractivity contribution < 1.29 is 14.3 Å². The third-order valence-corrected chi connectivity index (χ3v) is 6.32. The van der Waals surface area contributed by atoms with Gasteiger partial charge in [-0.15, -0.1) is 0 Å². The van der Waals surface area contributed by atoms with Crippen LogP contribution in [0.25, 0.3) is 0 Å². The molecule has 7 nitrogen and oxygen atoms in total. The second kappa shape index (κ2) is 10.5. The number of thiocarbonyl (C=S) groups is 1. The van der Waals surface area contributed by atoms with Crippen molar-refractivity contribution in [1.29, 1.82) is 0 Å². The second-order valence-corrected chi connectivity index (χ2v) is 8.54. The minimum absolute atomic E-state index is 0.133. The lowest BCUT2D eigenvalue weighted by atomic mass is 10.1. The molecule has 2 aromatic rings. The fourth-order valence-electron chi connectivity index (χ4n) is 3.34.